The molecule has 3 nitrogen and oxygen atoms in total. The number of para-hydroxylation sites is 1. The topological polar surface area (TPSA) is 54.7 Å². The lowest BCUT2D eigenvalue weighted by Gasteiger charge is -2.14. The highest BCUT2D eigenvalue weighted by Crippen LogP contribution is 2.38. The average molecular weight is 250 g/mol. The Morgan fingerprint density at radius 2 is 2.29 bits per heavy atom. The monoisotopic (exact) mass is 249 g/mol. The smallest absolute Gasteiger partial charge is 0.110 e. The van der Waals surface area contributed by atoms with Crippen molar-refractivity contribution < 1.29 is 0 Å². The third-order valence-electron chi connectivity index (χ3n) is 3.79. The minimum Gasteiger partial charge on any atom is -0.342 e. The third-order valence-corrected chi connectivity index (χ3v) is 4.10. The van der Waals surface area contributed by atoms with E-state index < -0.39 is 0 Å². The minimum absolute atomic E-state index is 0.475. The van der Waals surface area contributed by atoms with Crippen LogP contribution < -0.4 is 5.73 Å². The van der Waals surface area contributed by atoms with Gasteiger partial charge in [0, 0.05) is 5.92 Å². The Morgan fingerprint density at radius 1 is 1.41 bits per heavy atom. The number of imidazole rings is 1. The molecule has 1 aliphatic carbocycles. The van der Waals surface area contributed by atoms with Crippen LogP contribution in [0.3, 0.4) is 0 Å². The molecule has 1 saturated carbocycles. The van der Waals surface area contributed by atoms with Gasteiger partial charge < -0.3 is 10.7 Å². The lowest BCUT2D eigenvalue weighted by atomic mass is 9.96. The van der Waals surface area contributed by atoms with E-state index in [1.54, 1.807) is 0 Å². The van der Waals surface area contributed by atoms with Crippen molar-refractivity contribution in [3.05, 3.63) is 29.0 Å². The fraction of sp³-hybridized carbons (Fsp3) is 0.462. The van der Waals surface area contributed by atoms with Gasteiger partial charge in [0.15, 0.2) is 0 Å². The molecule has 0 aliphatic heterocycles. The first-order chi connectivity index (χ1) is 8.29. The largest absolute Gasteiger partial charge is 0.342 e. The van der Waals surface area contributed by atoms with Gasteiger partial charge in [-0.2, -0.15) is 0 Å². The van der Waals surface area contributed by atoms with E-state index in [1.807, 2.05) is 18.2 Å². The first-order valence-corrected chi connectivity index (χ1v) is 6.51. The van der Waals surface area contributed by atoms with Gasteiger partial charge in [-0.05, 0) is 37.4 Å². The predicted molar refractivity (Wildman–Crippen MR) is 70.2 cm³/mol. The quantitative estimate of drug-likeness (QED) is 0.860. The Kier molecular flexibility index (Phi) is 2.81. The molecule has 1 aromatic carbocycles. The summed E-state index contributed by atoms with van der Waals surface area (Å²) in [7, 11) is 0. The number of nitrogens with zero attached hydrogens (tertiary/aromatic N) is 1. The fourth-order valence-electron chi connectivity index (χ4n) is 2.87. The molecule has 0 saturated heterocycles. The molecular formula is C13H16ClN3. The summed E-state index contributed by atoms with van der Waals surface area (Å²) < 4.78 is 0. The number of rotatable bonds is 2. The second-order valence-electron chi connectivity index (χ2n) is 4.79. The van der Waals surface area contributed by atoms with E-state index in [-0.39, 0.29) is 0 Å². The SMILES string of the molecule is NCC1CCCC1c1nc2c(Cl)cccc2[nH]1. The van der Waals surface area contributed by atoms with Gasteiger partial charge in [0.1, 0.15) is 11.3 Å². The summed E-state index contributed by atoms with van der Waals surface area (Å²) in [4.78, 5) is 8.04. The highest BCUT2D eigenvalue weighted by Gasteiger charge is 2.29. The van der Waals surface area contributed by atoms with Crippen molar-refractivity contribution in [1.82, 2.24) is 9.97 Å². The number of aromatic nitrogens is 2. The molecular weight excluding hydrogens is 234 g/mol. The summed E-state index contributed by atoms with van der Waals surface area (Å²) in [5.74, 6) is 2.10. The van der Waals surface area contributed by atoms with E-state index in [9.17, 15) is 0 Å². The Bertz CT molecular complexity index is 534. The summed E-state index contributed by atoms with van der Waals surface area (Å²) in [5, 5.41) is 0.715. The highest BCUT2D eigenvalue weighted by molar-refractivity contribution is 6.34. The van der Waals surface area contributed by atoms with Crippen LogP contribution in [0.2, 0.25) is 5.02 Å². The lowest BCUT2D eigenvalue weighted by molar-refractivity contribution is 0.481. The van der Waals surface area contributed by atoms with Crippen LogP contribution in [-0.4, -0.2) is 16.5 Å². The lowest BCUT2D eigenvalue weighted by Crippen LogP contribution is -2.17. The molecule has 17 heavy (non-hydrogen) atoms. The Labute approximate surface area is 105 Å². The van der Waals surface area contributed by atoms with Gasteiger partial charge in [-0.15, -0.1) is 0 Å². The van der Waals surface area contributed by atoms with E-state index in [4.69, 9.17) is 17.3 Å². The number of benzene rings is 1. The second kappa shape index (κ2) is 4.31. The molecule has 2 aromatic rings. The highest BCUT2D eigenvalue weighted by atomic mass is 35.5. The summed E-state index contributed by atoms with van der Waals surface area (Å²) >= 11 is 6.14. The van der Waals surface area contributed by atoms with E-state index in [1.165, 1.54) is 19.3 Å². The van der Waals surface area contributed by atoms with Gasteiger partial charge >= 0.3 is 0 Å². The molecule has 3 rings (SSSR count). The number of nitrogens with two attached hydrogens (primary N) is 1. The zero-order valence-corrected chi connectivity index (χ0v) is 10.4. The van der Waals surface area contributed by atoms with Crippen molar-refractivity contribution in [2.24, 2.45) is 11.7 Å². The van der Waals surface area contributed by atoms with Crippen LogP contribution in [0.15, 0.2) is 18.2 Å². The van der Waals surface area contributed by atoms with Crippen molar-refractivity contribution >= 4 is 22.6 Å². The Balaban J connectivity index is 2.03. The maximum Gasteiger partial charge on any atom is 0.110 e. The minimum atomic E-state index is 0.475. The Morgan fingerprint density at radius 3 is 3.06 bits per heavy atom. The maximum atomic E-state index is 6.14. The summed E-state index contributed by atoms with van der Waals surface area (Å²) in [5.41, 5.74) is 7.72. The summed E-state index contributed by atoms with van der Waals surface area (Å²) in [6, 6.07) is 5.84. The number of H-pyrrole nitrogens is 1. The van der Waals surface area contributed by atoms with Crippen LogP contribution in [0.4, 0.5) is 0 Å². The van der Waals surface area contributed by atoms with Crippen molar-refractivity contribution in [3.8, 4) is 0 Å². The van der Waals surface area contributed by atoms with E-state index >= 15 is 0 Å². The van der Waals surface area contributed by atoms with Gasteiger partial charge in [0.05, 0.1) is 10.5 Å². The molecule has 0 amide bonds. The Hall–Kier alpha value is -1.06. The number of hydrogen-bond acceptors (Lipinski definition) is 2. The van der Waals surface area contributed by atoms with Crippen LogP contribution in [0.1, 0.15) is 31.0 Å². The number of aromatic amines is 1. The van der Waals surface area contributed by atoms with E-state index in [2.05, 4.69) is 9.97 Å². The first-order valence-electron chi connectivity index (χ1n) is 6.14. The molecule has 2 atom stereocenters. The number of nitrogens with one attached hydrogen (secondary N) is 1. The number of hydrogen-bond donors (Lipinski definition) is 2. The molecule has 0 radical (unpaired) electrons. The van der Waals surface area contributed by atoms with Crippen LogP contribution in [-0.2, 0) is 0 Å². The fourth-order valence-corrected chi connectivity index (χ4v) is 3.09. The summed E-state index contributed by atoms with van der Waals surface area (Å²) in [6.07, 6.45) is 3.64. The molecule has 1 aliphatic rings. The van der Waals surface area contributed by atoms with Gasteiger partial charge in [0.2, 0.25) is 0 Å². The van der Waals surface area contributed by atoms with E-state index in [0.717, 1.165) is 23.4 Å². The summed E-state index contributed by atoms with van der Waals surface area (Å²) in [6.45, 7) is 0.745. The van der Waals surface area contributed by atoms with Crippen molar-refractivity contribution in [2.45, 2.75) is 25.2 Å². The average Bonchev–Trinajstić information content (AvgIpc) is 2.94. The standard InChI is InChI=1S/C13H16ClN3/c14-10-5-2-6-11-12(10)17-13(16-11)9-4-1-3-8(9)7-15/h2,5-6,8-9H,1,3-4,7,15H2,(H,16,17). The molecule has 1 aromatic heterocycles. The molecule has 0 spiro atoms. The zero-order valence-electron chi connectivity index (χ0n) is 9.62. The maximum absolute atomic E-state index is 6.14. The van der Waals surface area contributed by atoms with E-state index in [0.29, 0.717) is 16.9 Å². The van der Waals surface area contributed by atoms with Crippen LogP contribution in [0, 0.1) is 5.92 Å². The van der Waals surface area contributed by atoms with Crippen molar-refractivity contribution in [3.63, 3.8) is 0 Å². The molecule has 3 N–H and O–H groups in total. The molecule has 2 unspecified atom stereocenters. The van der Waals surface area contributed by atoms with Gasteiger partial charge in [0.25, 0.3) is 0 Å². The zero-order chi connectivity index (χ0) is 11.8. The van der Waals surface area contributed by atoms with Crippen LogP contribution >= 0.6 is 11.6 Å². The molecule has 4 heteroatoms. The predicted octanol–water partition coefficient (Wildman–Crippen LogP) is 3.06. The normalized spacial score (nSPS) is 24.6. The second-order valence-corrected chi connectivity index (χ2v) is 5.20. The van der Waals surface area contributed by atoms with Crippen LogP contribution in [0.25, 0.3) is 11.0 Å². The molecule has 1 heterocycles. The number of fused-ring (bicyclic) bond motifs is 1. The molecule has 0 bridgehead atoms. The van der Waals surface area contributed by atoms with Gasteiger partial charge in [-0.3, -0.25) is 0 Å². The van der Waals surface area contributed by atoms with Crippen molar-refractivity contribution in [1.29, 1.82) is 0 Å². The van der Waals surface area contributed by atoms with Crippen LogP contribution in [0.5, 0.6) is 0 Å². The third kappa shape index (κ3) is 1.83. The first kappa shape index (κ1) is 11.1. The molecule has 90 valence electrons. The molecule has 1 fully saturated rings. The van der Waals surface area contributed by atoms with Gasteiger partial charge in [-0.25, -0.2) is 4.98 Å². The number of halogens is 1. The van der Waals surface area contributed by atoms with Gasteiger partial charge in [-0.1, -0.05) is 24.1 Å². The van der Waals surface area contributed by atoms with Crippen molar-refractivity contribution in [2.75, 3.05) is 6.54 Å².